The SMILES string of the molecule is N#Cc1cc(NCC2(O)CCOCC2)nc2ccc(Cl)cc12. The zero-order valence-electron chi connectivity index (χ0n) is 12.0. The first-order valence-corrected chi connectivity index (χ1v) is 7.52. The summed E-state index contributed by atoms with van der Waals surface area (Å²) in [4.78, 5) is 4.48. The molecule has 2 aromatic rings. The molecule has 1 saturated heterocycles. The zero-order valence-corrected chi connectivity index (χ0v) is 12.7. The summed E-state index contributed by atoms with van der Waals surface area (Å²) in [5, 5.41) is 24.2. The summed E-state index contributed by atoms with van der Waals surface area (Å²) in [6, 6.07) is 9.11. The van der Waals surface area contributed by atoms with Crippen molar-refractivity contribution in [3.63, 3.8) is 0 Å². The molecule has 2 heterocycles. The second-order valence-corrected chi connectivity index (χ2v) is 5.96. The van der Waals surface area contributed by atoms with Crippen LogP contribution in [0.15, 0.2) is 24.3 Å². The molecule has 1 aliphatic rings. The van der Waals surface area contributed by atoms with Crippen molar-refractivity contribution >= 4 is 28.3 Å². The molecule has 1 aromatic carbocycles. The molecule has 0 aliphatic carbocycles. The Morgan fingerprint density at radius 3 is 2.86 bits per heavy atom. The Labute approximate surface area is 133 Å². The smallest absolute Gasteiger partial charge is 0.128 e. The highest BCUT2D eigenvalue weighted by atomic mass is 35.5. The summed E-state index contributed by atoms with van der Waals surface area (Å²) in [6.07, 6.45) is 1.18. The maximum Gasteiger partial charge on any atom is 0.128 e. The molecule has 0 bridgehead atoms. The van der Waals surface area contributed by atoms with Gasteiger partial charge in [-0.05, 0) is 24.3 Å². The molecule has 114 valence electrons. The van der Waals surface area contributed by atoms with E-state index in [1.165, 1.54) is 0 Å². The molecule has 0 atom stereocenters. The van der Waals surface area contributed by atoms with Crippen molar-refractivity contribution < 1.29 is 9.84 Å². The number of aromatic nitrogens is 1. The van der Waals surface area contributed by atoms with Crippen LogP contribution in [0.3, 0.4) is 0 Å². The fourth-order valence-corrected chi connectivity index (χ4v) is 2.74. The van der Waals surface area contributed by atoms with Crippen LogP contribution in [-0.2, 0) is 4.74 Å². The molecule has 0 saturated carbocycles. The number of anilines is 1. The van der Waals surface area contributed by atoms with Gasteiger partial charge in [-0.15, -0.1) is 0 Å². The maximum atomic E-state index is 10.5. The lowest BCUT2D eigenvalue weighted by molar-refractivity contribution is -0.0543. The summed E-state index contributed by atoms with van der Waals surface area (Å²) in [7, 11) is 0. The maximum absolute atomic E-state index is 10.5. The van der Waals surface area contributed by atoms with Crippen LogP contribution >= 0.6 is 11.6 Å². The van der Waals surface area contributed by atoms with E-state index in [-0.39, 0.29) is 0 Å². The first-order valence-electron chi connectivity index (χ1n) is 7.14. The number of pyridine rings is 1. The second-order valence-electron chi connectivity index (χ2n) is 5.52. The number of hydrogen-bond donors (Lipinski definition) is 2. The minimum atomic E-state index is -0.790. The van der Waals surface area contributed by atoms with Crippen LogP contribution in [0.2, 0.25) is 5.02 Å². The molecule has 1 fully saturated rings. The third-order valence-electron chi connectivity index (χ3n) is 3.91. The second kappa shape index (κ2) is 6.09. The van der Waals surface area contributed by atoms with Crippen LogP contribution < -0.4 is 5.32 Å². The van der Waals surface area contributed by atoms with Gasteiger partial charge >= 0.3 is 0 Å². The predicted octanol–water partition coefficient (Wildman–Crippen LogP) is 2.71. The zero-order chi connectivity index (χ0) is 15.6. The predicted molar refractivity (Wildman–Crippen MR) is 85.0 cm³/mol. The number of halogens is 1. The molecular weight excluding hydrogens is 302 g/mol. The fraction of sp³-hybridized carbons (Fsp3) is 0.375. The lowest BCUT2D eigenvalue weighted by Gasteiger charge is -2.32. The minimum Gasteiger partial charge on any atom is -0.388 e. The first-order chi connectivity index (χ1) is 10.6. The molecule has 0 spiro atoms. The Morgan fingerprint density at radius 1 is 1.36 bits per heavy atom. The number of hydrogen-bond acceptors (Lipinski definition) is 5. The summed E-state index contributed by atoms with van der Waals surface area (Å²) in [5.41, 5.74) is 0.417. The van der Waals surface area contributed by atoms with E-state index < -0.39 is 5.60 Å². The molecule has 0 amide bonds. The van der Waals surface area contributed by atoms with Gasteiger partial charge in [0, 0.05) is 43.0 Å². The highest BCUT2D eigenvalue weighted by Gasteiger charge is 2.29. The molecule has 1 aromatic heterocycles. The highest BCUT2D eigenvalue weighted by molar-refractivity contribution is 6.31. The van der Waals surface area contributed by atoms with Gasteiger partial charge in [0.25, 0.3) is 0 Å². The Hall–Kier alpha value is -1.87. The number of aliphatic hydroxyl groups is 1. The topological polar surface area (TPSA) is 78.2 Å². The van der Waals surface area contributed by atoms with Gasteiger partial charge in [-0.3, -0.25) is 0 Å². The van der Waals surface area contributed by atoms with E-state index in [2.05, 4.69) is 16.4 Å². The third-order valence-corrected chi connectivity index (χ3v) is 4.15. The summed E-state index contributed by atoms with van der Waals surface area (Å²) < 4.78 is 5.26. The third kappa shape index (κ3) is 3.14. The van der Waals surface area contributed by atoms with E-state index in [1.807, 2.05) is 0 Å². The van der Waals surface area contributed by atoms with Crippen molar-refractivity contribution in [2.75, 3.05) is 25.1 Å². The largest absolute Gasteiger partial charge is 0.388 e. The molecule has 5 nitrogen and oxygen atoms in total. The Morgan fingerprint density at radius 2 is 2.14 bits per heavy atom. The number of rotatable bonds is 3. The van der Waals surface area contributed by atoms with Gasteiger partial charge < -0.3 is 15.2 Å². The van der Waals surface area contributed by atoms with Crippen LogP contribution in [0.5, 0.6) is 0 Å². The standard InChI is InChI=1S/C16H16ClN3O2/c17-12-1-2-14-13(8-12)11(9-18)7-15(20-14)19-10-16(21)3-5-22-6-4-16/h1-2,7-8,21H,3-6,10H2,(H,19,20). The van der Waals surface area contributed by atoms with Crippen LogP contribution in [0.1, 0.15) is 18.4 Å². The normalized spacial score (nSPS) is 17.1. The Balaban J connectivity index is 1.85. The van der Waals surface area contributed by atoms with Crippen molar-refractivity contribution in [1.29, 1.82) is 5.26 Å². The molecule has 0 radical (unpaired) electrons. The average Bonchev–Trinajstić information content (AvgIpc) is 2.53. The van der Waals surface area contributed by atoms with Gasteiger partial charge in [0.2, 0.25) is 0 Å². The number of fused-ring (bicyclic) bond motifs is 1. The molecule has 3 rings (SSSR count). The number of nitrogens with zero attached hydrogens (tertiary/aromatic N) is 2. The van der Waals surface area contributed by atoms with E-state index >= 15 is 0 Å². The van der Waals surface area contributed by atoms with Crippen molar-refractivity contribution in [3.8, 4) is 6.07 Å². The van der Waals surface area contributed by atoms with E-state index in [9.17, 15) is 10.4 Å². The Bertz CT molecular complexity index is 736. The van der Waals surface area contributed by atoms with Crippen molar-refractivity contribution in [2.45, 2.75) is 18.4 Å². The number of benzene rings is 1. The average molecular weight is 318 g/mol. The summed E-state index contributed by atoms with van der Waals surface area (Å²) in [6.45, 7) is 1.50. The van der Waals surface area contributed by atoms with Crippen LogP contribution in [0, 0.1) is 11.3 Å². The van der Waals surface area contributed by atoms with Gasteiger partial charge in [0.1, 0.15) is 5.82 Å². The highest BCUT2D eigenvalue weighted by Crippen LogP contribution is 2.25. The monoisotopic (exact) mass is 317 g/mol. The van der Waals surface area contributed by atoms with Gasteiger partial charge in [-0.2, -0.15) is 5.26 Å². The summed E-state index contributed by atoms with van der Waals surface area (Å²) >= 11 is 5.97. The van der Waals surface area contributed by atoms with Crippen LogP contribution in [-0.4, -0.2) is 35.5 Å². The van der Waals surface area contributed by atoms with Crippen molar-refractivity contribution in [2.24, 2.45) is 0 Å². The fourth-order valence-electron chi connectivity index (χ4n) is 2.56. The molecule has 22 heavy (non-hydrogen) atoms. The molecule has 0 unspecified atom stereocenters. The number of nitriles is 1. The van der Waals surface area contributed by atoms with E-state index in [1.54, 1.807) is 24.3 Å². The lowest BCUT2D eigenvalue weighted by Crippen LogP contribution is -2.42. The minimum absolute atomic E-state index is 0.382. The Kier molecular flexibility index (Phi) is 4.16. The van der Waals surface area contributed by atoms with Crippen molar-refractivity contribution in [3.05, 3.63) is 34.9 Å². The van der Waals surface area contributed by atoms with Gasteiger partial charge in [-0.25, -0.2) is 4.98 Å². The molecular formula is C16H16ClN3O2. The molecule has 6 heteroatoms. The van der Waals surface area contributed by atoms with E-state index in [4.69, 9.17) is 16.3 Å². The summed E-state index contributed by atoms with van der Waals surface area (Å²) in [5.74, 6) is 0.575. The van der Waals surface area contributed by atoms with E-state index in [0.29, 0.717) is 54.5 Å². The van der Waals surface area contributed by atoms with Crippen molar-refractivity contribution in [1.82, 2.24) is 4.98 Å². The van der Waals surface area contributed by atoms with Crippen LogP contribution in [0.25, 0.3) is 10.9 Å². The van der Waals surface area contributed by atoms with Gasteiger partial charge in [0.15, 0.2) is 0 Å². The molecule has 2 N–H and O–H groups in total. The van der Waals surface area contributed by atoms with E-state index in [0.717, 1.165) is 5.39 Å². The number of ether oxygens (including phenoxy) is 1. The van der Waals surface area contributed by atoms with Gasteiger partial charge in [0.05, 0.1) is 22.8 Å². The lowest BCUT2D eigenvalue weighted by atomic mass is 9.94. The van der Waals surface area contributed by atoms with Gasteiger partial charge in [-0.1, -0.05) is 11.6 Å². The molecule has 1 aliphatic heterocycles. The number of nitrogens with one attached hydrogen (secondary N) is 1. The quantitative estimate of drug-likeness (QED) is 0.910. The first kappa shape index (κ1) is 15.0. The van der Waals surface area contributed by atoms with Crippen LogP contribution in [0.4, 0.5) is 5.82 Å².